The molecule has 22 heavy (non-hydrogen) atoms. The van der Waals surface area contributed by atoms with Gasteiger partial charge in [0.1, 0.15) is 5.82 Å². The number of hydrogen-bond acceptors (Lipinski definition) is 1. The molecule has 0 amide bonds. The Morgan fingerprint density at radius 3 is 2.73 bits per heavy atom. The van der Waals surface area contributed by atoms with Crippen molar-refractivity contribution in [2.75, 3.05) is 5.32 Å². The molecule has 0 fully saturated rings. The number of nitrogens with one attached hydrogen (secondary N) is 1. The highest BCUT2D eigenvalue weighted by Gasteiger charge is 2.39. The van der Waals surface area contributed by atoms with Gasteiger partial charge in [-0.15, -0.1) is 0 Å². The number of aryl methyl sites for hydroxylation is 2. The Hall–Kier alpha value is -2.09. The Balaban J connectivity index is 1.86. The summed E-state index contributed by atoms with van der Waals surface area (Å²) in [6.45, 7) is 4.33. The number of anilines is 1. The van der Waals surface area contributed by atoms with Crippen molar-refractivity contribution in [3.8, 4) is 0 Å². The third-order valence-corrected chi connectivity index (χ3v) is 5.15. The maximum atomic E-state index is 13.7. The van der Waals surface area contributed by atoms with Crippen LogP contribution in [0, 0.1) is 25.6 Å². The topological polar surface area (TPSA) is 12.0 Å². The van der Waals surface area contributed by atoms with Crippen LogP contribution in [-0.2, 0) is 0 Å². The molecule has 2 aromatic rings. The highest BCUT2D eigenvalue weighted by molar-refractivity contribution is 5.66. The monoisotopic (exact) mass is 293 g/mol. The summed E-state index contributed by atoms with van der Waals surface area (Å²) < 4.78 is 13.7. The second-order valence-corrected chi connectivity index (χ2v) is 6.52. The summed E-state index contributed by atoms with van der Waals surface area (Å²) in [5, 5.41) is 3.71. The lowest BCUT2D eigenvalue weighted by atomic mass is 9.75. The van der Waals surface area contributed by atoms with E-state index < -0.39 is 0 Å². The van der Waals surface area contributed by atoms with E-state index in [9.17, 15) is 4.39 Å². The molecule has 0 saturated heterocycles. The van der Waals surface area contributed by atoms with E-state index in [0.717, 1.165) is 12.0 Å². The number of halogens is 1. The molecule has 112 valence electrons. The SMILES string of the molecule is Cc1ccc(C)c2c1N[C@H](c1cccc(F)c1)[C@@H]1CC=C[C@H]21. The predicted molar refractivity (Wildman–Crippen MR) is 88.7 cm³/mol. The van der Waals surface area contributed by atoms with Crippen molar-refractivity contribution in [1.29, 1.82) is 0 Å². The van der Waals surface area contributed by atoms with Gasteiger partial charge in [0.05, 0.1) is 6.04 Å². The molecule has 1 N–H and O–H groups in total. The van der Waals surface area contributed by atoms with Gasteiger partial charge in [-0.1, -0.05) is 36.4 Å². The van der Waals surface area contributed by atoms with Gasteiger partial charge in [-0.25, -0.2) is 4.39 Å². The molecule has 2 aliphatic rings. The normalized spacial score (nSPS) is 25.5. The lowest BCUT2D eigenvalue weighted by Gasteiger charge is -2.39. The molecule has 0 unspecified atom stereocenters. The number of rotatable bonds is 1. The smallest absolute Gasteiger partial charge is 0.123 e. The summed E-state index contributed by atoms with van der Waals surface area (Å²) in [6, 6.07) is 11.6. The third kappa shape index (κ3) is 1.98. The van der Waals surface area contributed by atoms with Gasteiger partial charge in [0.2, 0.25) is 0 Å². The summed E-state index contributed by atoms with van der Waals surface area (Å²) in [6.07, 6.45) is 5.66. The van der Waals surface area contributed by atoms with Gasteiger partial charge in [0.15, 0.2) is 0 Å². The Labute approximate surface area is 130 Å². The Morgan fingerprint density at radius 2 is 1.91 bits per heavy atom. The van der Waals surface area contributed by atoms with Gasteiger partial charge < -0.3 is 5.32 Å². The van der Waals surface area contributed by atoms with Crippen molar-refractivity contribution in [3.63, 3.8) is 0 Å². The van der Waals surface area contributed by atoms with Crippen molar-refractivity contribution in [2.24, 2.45) is 5.92 Å². The first-order valence-electron chi connectivity index (χ1n) is 7.94. The molecule has 1 aliphatic carbocycles. The quantitative estimate of drug-likeness (QED) is 0.706. The first kappa shape index (κ1) is 13.6. The molecule has 0 saturated carbocycles. The van der Waals surface area contributed by atoms with Crippen molar-refractivity contribution in [1.82, 2.24) is 0 Å². The van der Waals surface area contributed by atoms with Gasteiger partial charge in [-0.05, 0) is 60.6 Å². The molecular weight excluding hydrogens is 273 g/mol. The van der Waals surface area contributed by atoms with E-state index in [0.29, 0.717) is 11.8 Å². The van der Waals surface area contributed by atoms with Gasteiger partial charge in [-0.3, -0.25) is 0 Å². The van der Waals surface area contributed by atoms with Crippen LogP contribution in [0.1, 0.15) is 40.6 Å². The summed E-state index contributed by atoms with van der Waals surface area (Å²) in [5.41, 5.74) is 6.31. The molecule has 1 aliphatic heterocycles. The average Bonchev–Trinajstić information content (AvgIpc) is 2.99. The molecule has 2 heteroatoms. The van der Waals surface area contributed by atoms with Gasteiger partial charge in [0, 0.05) is 11.6 Å². The first-order valence-corrected chi connectivity index (χ1v) is 7.94. The number of fused-ring (bicyclic) bond motifs is 3. The van der Waals surface area contributed by atoms with E-state index in [1.165, 1.54) is 28.4 Å². The predicted octanol–water partition coefficient (Wildman–Crippen LogP) is 5.27. The van der Waals surface area contributed by atoms with Crippen LogP contribution >= 0.6 is 0 Å². The standard InChI is InChI=1S/C20H20FN/c1-12-9-10-13(2)19-18(12)16-7-4-8-17(16)20(22-19)14-5-3-6-15(21)11-14/h3-7,9-11,16-17,20,22H,8H2,1-2H3/t16-,17+,20+/m0/s1. The summed E-state index contributed by atoms with van der Waals surface area (Å²) in [5.74, 6) is 0.743. The zero-order valence-corrected chi connectivity index (χ0v) is 12.9. The fourth-order valence-corrected chi connectivity index (χ4v) is 4.07. The second-order valence-electron chi connectivity index (χ2n) is 6.52. The number of hydrogen-bond donors (Lipinski definition) is 1. The minimum Gasteiger partial charge on any atom is -0.377 e. The molecule has 0 spiro atoms. The van der Waals surface area contributed by atoms with Crippen molar-refractivity contribution >= 4 is 5.69 Å². The van der Waals surface area contributed by atoms with Gasteiger partial charge in [0.25, 0.3) is 0 Å². The van der Waals surface area contributed by atoms with Gasteiger partial charge in [-0.2, -0.15) is 0 Å². The van der Waals surface area contributed by atoms with Crippen molar-refractivity contribution in [3.05, 3.63) is 76.6 Å². The zero-order valence-electron chi connectivity index (χ0n) is 12.9. The molecule has 0 bridgehead atoms. The van der Waals surface area contributed by atoms with Crippen molar-refractivity contribution in [2.45, 2.75) is 32.2 Å². The highest BCUT2D eigenvalue weighted by atomic mass is 19.1. The summed E-state index contributed by atoms with van der Waals surface area (Å²) >= 11 is 0. The average molecular weight is 293 g/mol. The van der Waals surface area contributed by atoms with E-state index >= 15 is 0 Å². The minimum absolute atomic E-state index is 0.159. The van der Waals surface area contributed by atoms with Crippen LogP contribution in [0.3, 0.4) is 0 Å². The van der Waals surface area contributed by atoms with Crippen LogP contribution in [0.4, 0.5) is 10.1 Å². The molecule has 0 aromatic heterocycles. The third-order valence-electron chi connectivity index (χ3n) is 5.15. The summed E-state index contributed by atoms with van der Waals surface area (Å²) in [7, 11) is 0. The van der Waals surface area contributed by atoms with E-state index in [-0.39, 0.29) is 11.9 Å². The maximum absolute atomic E-state index is 13.7. The van der Waals surface area contributed by atoms with Crippen LogP contribution in [0.2, 0.25) is 0 Å². The molecule has 0 radical (unpaired) electrons. The van der Waals surface area contributed by atoms with Crippen LogP contribution in [0.5, 0.6) is 0 Å². The van der Waals surface area contributed by atoms with E-state index in [2.05, 4.69) is 43.4 Å². The largest absolute Gasteiger partial charge is 0.377 e. The zero-order chi connectivity index (χ0) is 15.3. The lowest BCUT2D eigenvalue weighted by Crippen LogP contribution is -2.30. The molecule has 2 aromatic carbocycles. The Kier molecular flexibility index (Phi) is 3.07. The van der Waals surface area contributed by atoms with Crippen molar-refractivity contribution < 1.29 is 4.39 Å². The van der Waals surface area contributed by atoms with Crippen LogP contribution < -0.4 is 5.32 Å². The highest BCUT2D eigenvalue weighted by Crippen LogP contribution is 2.51. The van der Waals surface area contributed by atoms with Crippen LogP contribution in [-0.4, -0.2) is 0 Å². The molecule has 1 heterocycles. The van der Waals surface area contributed by atoms with E-state index in [1.807, 2.05) is 12.1 Å². The second kappa shape index (κ2) is 4.98. The Morgan fingerprint density at radius 1 is 1.09 bits per heavy atom. The molecule has 4 rings (SSSR count). The van der Waals surface area contributed by atoms with E-state index in [4.69, 9.17) is 0 Å². The van der Waals surface area contributed by atoms with Crippen LogP contribution in [0.25, 0.3) is 0 Å². The first-order chi connectivity index (χ1) is 10.6. The lowest BCUT2D eigenvalue weighted by molar-refractivity contribution is 0.422. The number of allylic oxidation sites excluding steroid dienone is 2. The molecular formula is C20H20FN. The maximum Gasteiger partial charge on any atom is 0.123 e. The molecule has 1 nitrogen and oxygen atoms in total. The van der Waals surface area contributed by atoms with Crippen LogP contribution in [0.15, 0.2) is 48.6 Å². The van der Waals surface area contributed by atoms with Gasteiger partial charge >= 0.3 is 0 Å². The fraction of sp³-hybridized carbons (Fsp3) is 0.300. The summed E-state index contributed by atoms with van der Waals surface area (Å²) in [4.78, 5) is 0. The number of benzene rings is 2. The Bertz CT molecular complexity index is 762. The molecule has 3 atom stereocenters. The minimum atomic E-state index is -0.159. The fourth-order valence-electron chi connectivity index (χ4n) is 4.07. The van der Waals surface area contributed by atoms with E-state index in [1.54, 1.807) is 6.07 Å².